The SMILES string of the molecule is CC(=O)c1ccc(Sc2nc(N)cc(N)n2)cc1[N+](=O)[O-]. The number of carbonyl (C=O) groups excluding carboxylic acids is 1. The first-order valence-electron chi connectivity index (χ1n) is 5.74. The van der Waals surface area contributed by atoms with Crippen molar-refractivity contribution in [2.75, 3.05) is 11.5 Å². The Morgan fingerprint density at radius 2 is 1.86 bits per heavy atom. The van der Waals surface area contributed by atoms with Gasteiger partial charge in [0.15, 0.2) is 10.9 Å². The molecule has 8 nitrogen and oxygen atoms in total. The zero-order valence-corrected chi connectivity index (χ0v) is 11.8. The van der Waals surface area contributed by atoms with E-state index in [4.69, 9.17) is 11.5 Å². The van der Waals surface area contributed by atoms with Crippen LogP contribution in [0.2, 0.25) is 0 Å². The molecule has 1 aromatic heterocycles. The number of nitro benzene ring substituents is 1. The van der Waals surface area contributed by atoms with Gasteiger partial charge in [0.05, 0.1) is 10.5 Å². The van der Waals surface area contributed by atoms with Crippen molar-refractivity contribution in [2.24, 2.45) is 0 Å². The van der Waals surface area contributed by atoms with Gasteiger partial charge in [0, 0.05) is 17.0 Å². The van der Waals surface area contributed by atoms with Crippen LogP contribution in [-0.2, 0) is 0 Å². The molecule has 0 saturated carbocycles. The number of ketones is 1. The van der Waals surface area contributed by atoms with Crippen LogP contribution < -0.4 is 11.5 Å². The molecule has 9 heteroatoms. The van der Waals surface area contributed by atoms with Crippen molar-refractivity contribution < 1.29 is 9.72 Å². The molecule has 0 aliphatic carbocycles. The van der Waals surface area contributed by atoms with E-state index >= 15 is 0 Å². The van der Waals surface area contributed by atoms with Crippen LogP contribution in [0.25, 0.3) is 0 Å². The maximum absolute atomic E-state index is 11.4. The zero-order valence-electron chi connectivity index (χ0n) is 10.9. The highest BCUT2D eigenvalue weighted by Crippen LogP contribution is 2.31. The summed E-state index contributed by atoms with van der Waals surface area (Å²) in [7, 11) is 0. The summed E-state index contributed by atoms with van der Waals surface area (Å²) in [5.74, 6) is 0.0439. The van der Waals surface area contributed by atoms with Crippen LogP contribution in [0.4, 0.5) is 17.3 Å². The van der Waals surface area contributed by atoms with Gasteiger partial charge in [0.1, 0.15) is 11.6 Å². The van der Waals surface area contributed by atoms with Gasteiger partial charge >= 0.3 is 0 Å². The number of anilines is 2. The topological polar surface area (TPSA) is 138 Å². The number of benzene rings is 1. The fourth-order valence-corrected chi connectivity index (χ4v) is 2.46. The smallest absolute Gasteiger partial charge is 0.281 e. The van der Waals surface area contributed by atoms with Gasteiger partial charge in [0.25, 0.3) is 5.69 Å². The number of aromatic nitrogens is 2. The van der Waals surface area contributed by atoms with Crippen molar-refractivity contribution in [3.05, 3.63) is 39.9 Å². The molecule has 2 aromatic rings. The van der Waals surface area contributed by atoms with E-state index in [1.165, 1.54) is 25.1 Å². The molecule has 21 heavy (non-hydrogen) atoms. The van der Waals surface area contributed by atoms with Crippen molar-refractivity contribution in [1.82, 2.24) is 9.97 Å². The molecule has 0 radical (unpaired) electrons. The molecular formula is C12H11N5O3S. The van der Waals surface area contributed by atoms with Gasteiger partial charge in [-0.25, -0.2) is 9.97 Å². The number of nitrogen functional groups attached to an aromatic ring is 2. The lowest BCUT2D eigenvalue weighted by molar-refractivity contribution is -0.385. The maximum Gasteiger partial charge on any atom is 0.281 e. The molecule has 0 spiro atoms. The molecule has 4 N–H and O–H groups in total. The fourth-order valence-electron chi connectivity index (χ4n) is 1.64. The van der Waals surface area contributed by atoms with Crippen LogP contribution in [0.15, 0.2) is 34.3 Å². The third-order valence-electron chi connectivity index (χ3n) is 2.50. The van der Waals surface area contributed by atoms with Gasteiger partial charge in [-0.3, -0.25) is 14.9 Å². The fraction of sp³-hybridized carbons (Fsp3) is 0.0833. The minimum absolute atomic E-state index is 0.0531. The molecule has 2 rings (SSSR count). The average molecular weight is 305 g/mol. The quantitative estimate of drug-likeness (QED) is 0.378. The van der Waals surface area contributed by atoms with Crippen LogP contribution >= 0.6 is 11.8 Å². The van der Waals surface area contributed by atoms with E-state index in [-0.39, 0.29) is 33.8 Å². The molecule has 0 unspecified atom stereocenters. The van der Waals surface area contributed by atoms with Crippen LogP contribution in [0.5, 0.6) is 0 Å². The number of nitro groups is 1. The third kappa shape index (κ3) is 3.45. The number of hydrogen-bond acceptors (Lipinski definition) is 8. The van der Waals surface area contributed by atoms with Crippen molar-refractivity contribution in [2.45, 2.75) is 17.0 Å². The molecule has 0 saturated heterocycles. The largest absolute Gasteiger partial charge is 0.383 e. The number of Topliss-reactive ketones (excluding diaryl/α,β-unsaturated/α-hetero) is 1. The van der Waals surface area contributed by atoms with E-state index in [0.29, 0.717) is 4.90 Å². The van der Waals surface area contributed by atoms with E-state index in [9.17, 15) is 14.9 Å². The van der Waals surface area contributed by atoms with Gasteiger partial charge in [-0.05, 0) is 30.8 Å². The summed E-state index contributed by atoms with van der Waals surface area (Å²) >= 11 is 1.07. The minimum atomic E-state index is -0.602. The predicted molar refractivity (Wildman–Crippen MR) is 78.1 cm³/mol. The van der Waals surface area contributed by atoms with E-state index in [2.05, 4.69) is 9.97 Å². The van der Waals surface area contributed by atoms with Gasteiger partial charge in [-0.2, -0.15) is 0 Å². The molecular weight excluding hydrogens is 294 g/mol. The van der Waals surface area contributed by atoms with Gasteiger partial charge in [0.2, 0.25) is 0 Å². The molecule has 108 valence electrons. The molecule has 0 aliphatic rings. The first kappa shape index (κ1) is 14.7. The number of rotatable bonds is 4. The van der Waals surface area contributed by atoms with E-state index in [1.54, 1.807) is 6.07 Å². The van der Waals surface area contributed by atoms with E-state index in [1.807, 2.05) is 0 Å². The Morgan fingerprint density at radius 3 is 2.38 bits per heavy atom. The Bertz CT molecular complexity index is 715. The summed E-state index contributed by atoms with van der Waals surface area (Å²) < 4.78 is 0. The van der Waals surface area contributed by atoms with Gasteiger partial charge < -0.3 is 11.5 Å². The second-order valence-corrected chi connectivity index (χ2v) is 5.14. The number of hydrogen-bond donors (Lipinski definition) is 2. The summed E-state index contributed by atoms with van der Waals surface area (Å²) in [6.45, 7) is 1.27. The lowest BCUT2D eigenvalue weighted by Gasteiger charge is -2.04. The standard InChI is InChI=1S/C12H11N5O3S/c1-6(18)8-3-2-7(4-9(8)17(19)20)21-12-15-10(13)5-11(14)16-12/h2-5H,1H3,(H4,13,14,15,16). The Labute approximate surface area is 123 Å². The Balaban J connectivity index is 2.39. The van der Waals surface area contributed by atoms with Gasteiger partial charge in [-0.1, -0.05) is 0 Å². The Kier molecular flexibility index (Phi) is 4.03. The van der Waals surface area contributed by atoms with Crippen LogP contribution in [0, 0.1) is 10.1 Å². The molecule has 0 aliphatic heterocycles. The monoisotopic (exact) mass is 305 g/mol. The van der Waals surface area contributed by atoms with Crippen molar-refractivity contribution >= 4 is 34.9 Å². The first-order chi connectivity index (χ1) is 9.86. The van der Waals surface area contributed by atoms with Crippen LogP contribution in [0.3, 0.4) is 0 Å². The molecule has 0 bridgehead atoms. The summed E-state index contributed by atoms with van der Waals surface area (Å²) in [5.41, 5.74) is 10.9. The normalized spacial score (nSPS) is 10.3. The highest BCUT2D eigenvalue weighted by Gasteiger charge is 2.18. The molecule has 0 atom stereocenters. The maximum atomic E-state index is 11.4. The van der Waals surface area contributed by atoms with Gasteiger partial charge in [-0.15, -0.1) is 0 Å². The number of nitrogens with two attached hydrogens (primary N) is 2. The second-order valence-electron chi connectivity index (χ2n) is 4.09. The summed E-state index contributed by atoms with van der Waals surface area (Å²) in [4.78, 5) is 30.2. The third-order valence-corrected chi connectivity index (χ3v) is 3.35. The van der Waals surface area contributed by atoms with Crippen molar-refractivity contribution in [3.63, 3.8) is 0 Å². The average Bonchev–Trinajstić information content (AvgIpc) is 2.36. The molecule has 0 fully saturated rings. The summed E-state index contributed by atoms with van der Waals surface area (Å²) in [6, 6.07) is 5.69. The van der Waals surface area contributed by atoms with E-state index in [0.717, 1.165) is 11.8 Å². The lowest BCUT2D eigenvalue weighted by Crippen LogP contribution is -2.01. The Morgan fingerprint density at radius 1 is 1.24 bits per heavy atom. The van der Waals surface area contributed by atoms with Crippen LogP contribution in [-0.4, -0.2) is 20.7 Å². The molecule has 1 aromatic carbocycles. The Hall–Kier alpha value is -2.68. The number of nitrogens with zero attached hydrogens (tertiary/aromatic N) is 3. The highest BCUT2D eigenvalue weighted by molar-refractivity contribution is 7.99. The second kappa shape index (κ2) is 5.75. The lowest BCUT2D eigenvalue weighted by atomic mass is 10.1. The summed E-state index contributed by atoms with van der Waals surface area (Å²) in [5, 5.41) is 11.3. The van der Waals surface area contributed by atoms with Crippen molar-refractivity contribution in [3.8, 4) is 0 Å². The van der Waals surface area contributed by atoms with Crippen molar-refractivity contribution in [1.29, 1.82) is 0 Å². The van der Waals surface area contributed by atoms with Crippen LogP contribution in [0.1, 0.15) is 17.3 Å². The molecule has 1 heterocycles. The first-order valence-corrected chi connectivity index (χ1v) is 6.55. The van der Waals surface area contributed by atoms with E-state index < -0.39 is 4.92 Å². The zero-order chi connectivity index (χ0) is 15.6. The number of carbonyl (C=O) groups is 1. The minimum Gasteiger partial charge on any atom is -0.383 e. The highest BCUT2D eigenvalue weighted by atomic mass is 32.2. The summed E-state index contributed by atoms with van der Waals surface area (Å²) in [6.07, 6.45) is 0. The predicted octanol–water partition coefficient (Wildman–Crippen LogP) is 1.90. The molecule has 0 amide bonds.